The number of unbranched alkanes of at least 4 members (excludes halogenated alkanes) is 1. The second kappa shape index (κ2) is 10.8. The zero-order valence-corrected chi connectivity index (χ0v) is 14.8. The molecular formula is C18H26O6. The lowest BCUT2D eigenvalue weighted by Gasteiger charge is -2.17. The van der Waals surface area contributed by atoms with Crippen LogP contribution >= 0.6 is 0 Å². The van der Waals surface area contributed by atoms with E-state index in [0.29, 0.717) is 6.61 Å². The summed E-state index contributed by atoms with van der Waals surface area (Å²) in [5, 5.41) is 0. The zero-order valence-electron chi connectivity index (χ0n) is 14.8. The minimum atomic E-state index is -0.600. The Morgan fingerprint density at radius 3 is 2.29 bits per heavy atom. The van der Waals surface area contributed by atoms with E-state index in [0.717, 1.165) is 18.4 Å². The van der Waals surface area contributed by atoms with Crippen molar-refractivity contribution in [2.24, 2.45) is 0 Å². The van der Waals surface area contributed by atoms with Gasteiger partial charge in [0.15, 0.2) is 0 Å². The molecule has 6 nitrogen and oxygen atoms in total. The Bertz CT molecular complexity index is 534. The van der Waals surface area contributed by atoms with Crippen molar-refractivity contribution in [2.45, 2.75) is 32.8 Å². The van der Waals surface area contributed by atoms with E-state index < -0.39 is 18.0 Å². The molecule has 0 atom stereocenters. The van der Waals surface area contributed by atoms with Gasteiger partial charge < -0.3 is 18.9 Å². The first-order valence-corrected chi connectivity index (χ1v) is 8.00. The molecule has 0 radical (unpaired) electrons. The molecule has 1 aromatic carbocycles. The van der Waals surface area contributed by atoms with Gasteiger partial charge in [-0.05, 0) is 25.5 Å². The third-order valence-corrected chi connectivity index (χ3v) is 3.32. The number of carbonyl (C=O) groups is 2. The molecule has 0 fully saturated rings. The molecule has 0 unspecified atom stereocenters. The van der Waals surface area contributed by atoms with E-state index in [1.807, 2.05) is 13.8 Å². The first-order valence-electron chi connectivity index (χ1n) is 8.00. The Kier molecular flexibility index (Phi) is 9.04. The van der Waals surface area contributed by atoms with Gasteiger partial charge in [-0.15, -0.1) is 0 Å². The highest BCUT2D eigenvalue weighted by atomic mass is 16.6. The average molecular weight is 338 g/mol. The molecule has 0 aliphatic rings. The van der Waals surface area contributed by atoms with Crippen LogP contribution in [0.4, 0.5) is 0 Å². The van der Waals surface area contributed by atoms with E-state index in [1.165, 1.54) is 14.2 Å². The molecule has 1 aromatic rings. The second-order valence-corrected chi connectivity index (χ2v) is 5.48. The Balaban J connectivity index is 2.92. The smallest absolute Gasteiger partial charge is 0.339 e. The summed E-state index contributed by atoms with van der Waals surface area (Å²) in [5.74, 6) is -1.12. The third-order valence-electron chi connectivity index (χ3n) is 3.32. The van der Waals surface area contributed by atoms with Crippen LogP contribution in [0.5, 0.6) is 0 Å². The van der Waals surface area contributed by atoms with Crippen LogP contribution in [0.1, 0.15) is 46.0 Å². The van der Waals surface area contributed by atoms with Crippen LogP contribution in [0.2, 0.25) is 0 Å². The average Bonchev–Trinajstić information content (AvgIpc) is 2.55. The molecule has 0 saturated heterocycles. The van der Waals surface area contributed by atoms with Crippen LogP contribution in [0.25, 0.3) is 0 Å². The van der Waals surface area contributed by atoms with Gasteiger partial charge in [0.1, 0.15) is 6.10 Å². The van der Waals surface area contributed by atoms with E-state index in [2.05, 4.69) is 0 Å². The molecule has 0 spiro atoms. The first kappa shape index (κ1) is 20.1. The minimum Gasteiger partial charge on any atom is -0.462 e. The van der Waals surface area contributed by atoms with Crippen molar-refractivity contribution in [1.82, 2.24) is 0 Å². The number of hydrogen-bond donors (Lipinski definition) is 0. The fraction of sp³-hybridized carbons (Fsp3) is 0.556. The van der Waals surface area contributed by atoms with Gasteiger partial charge in [-0.3, -0.25) is 0 Å². The summed E-state index contributed by atoms with van der Waals surface area (Å²) in [6, 6.07) is 4.96. The Labute approximate surface area is 143 Å². The topological polar surface area (TPSA) is 71.1 Å². The molecule has 0 saturated carbocycles. The molecule has 0 heterocycles. The number of methoxy groups -OCH3 is 2. The molecule has 24 heavy (non-hydrogen) atoms. The fourth-order valence-corrected chi connectivity index (χ4v) is 2.09. The van der Waals surface area contributed by atoms with Crippen molar-refractivity contribution in [3.05, 3.63) is 34.9 Å². The predicted octanol–water partition coefficient (Wildman–Crippen LogP) is 2.77. The lowest BCUT2D eigenvalue weighted by molar-refractivity contribution is -0.0225. The quantitative estimate of drug-likeness (QED) is 0.482. The number of rotatable bonds is 10. The van der Waals surface area contributed by atoms with E-state index in [9.17, 15) is 9.59 Å². The van der Waals surface area contributed by atoms with Gasteiger partial charge in [0.2, 0.25) is 0 Å². The summed E-state index contributed by atoms with van der Waals surface area (Å²) < 4.78 is 20.6. The van der Waals surface area contributed by atoms with Gasteiger partial charge in [0.05, 0.1) is 30.9 Å². The van der Waals surface area contributed by atoms with Crippen molar-refractivity contribution in [2.75, 3.05) is 34.0 Å². The number of esters is 2. The van der Waals surface area contributed by atoms with Gasteiger partial charge in [0.25, 0.3) is 0 Å². The standard InChI is InChI=1S/C18H26O6/c1-5-6-9-23-17(19)16-10-13(2)7-8-15(16)18(20)24-14(11-21-3)12-22-4/h7-8,10,14H,5-6,9,11-12H2,1-4H3. The lowest BCUT2D eigenvalue weighted by Crippen LogP contribution is -2.28. The van der Waals surface area contributed by atoms with Crippen LogP contribution in [0.15, 0.2) is 18.2 Å². The molecule has 0 aliphatic heterocycles. The fourth-order valence-electron chi connectivity index (χ4n) is 2.09. The molecular weight excluding hydrogens is 312 g/mol. The summed E-state index contributed by atoms with van der Waals surface area (Å²) in [5.41, 5.74) is 1.25. The van der Waals surface area contributed by atoms with E-state index >= 15 is 0 Å². The van der Waals surface area contributed by atoms with Crippen molar-refractivity contribution >= 4 is 11.9 Å². The number of hydrogen-bond acceptors (Lipinski definition) is 6. The molecule has 6 heteroatoms. The summed E-state index contributed by atoms with van der Waals surface area (Å²) in [4.78, 5) is 24.7. The van der Waals surface area contributed by atoms with Crippen LogP contribution in [0, 0.1) is 6.92 Å². The maximum atomic E-state index is 12.4. The largest absolute Gasteiger partial charge is 0.462 e. The molecule has 0 aromatic heterocycles. The maximum Gasteiger partial charge on any atom is 0.339 e. The van der Waals surface area contributed by atoms with Crippen molar-refractivity contribution in [1.29, 1.82) is 0 Å². The van der Waals surface area contributed by atoms with Crippen LogP contribution in [-0.4, -0.2) is 52.1 Å². The number of aryl methyl sites for hydroxylation is 1. The molecule has 0 N–H and O–H groups in total. The number of carbonyl (C=O) groups excluding carboxylic acids is 2. The van der Waals surface area contributed by atoms with Gasteiger partial charge >= 0.3 is 11.9 Å². The maximum absolute atomic E-state index is 12.4. The van der Waals surface area contributed by atoms with Gasteiger partial charge in [-0.1, -0.05) is 25.0 Å². The highest BCUT2D eigenvalue weighted by Gasteiger charge is 2.22. The lowest BCUT2D eigenvalue weighted by atomic mass is 10.0. The van der Waals surface area contributed by atoms with E-state index in [-0.39, 0.29) is 24.3 Å². The predicted molar refractivity (Wildman–Crippen MR) is 89.3 cm³/mol. The summed E-state index contributed by atoms with van der Waals surface area (Å²) in [6.07, 6.45) is 1.16. The molecule has 1 rings (SSSR count). The zero-order chi connectivity index (χ0) is 17.9. The van der Waals surface area contributed by atoms with Crippen LogP contribution in [-0.2, 0) is 18.9 Å². The monoisotopic (exact) mass is 338 g/mol. The Morgan fingerprint density at radius 2 is 1.71 bits per heavy atom. The Hall–Kier alpha value is -1.92. The third kappa shape index (κ3) is 6.29. The molecule has 0 aliphatic carbocycles. The normalized spacial score (nSPS) is 10.7. The number of ether oxygens (including phenoxy) is 4. The Morgan fingerprint density at radius 1 is 1.04 bits per heavy atom. The van der Waals surface area contributed by atoms with Crippen molar-refractivity contribution < 1.29 is 28.5 Å². The molecule has 0 amide bonds. The minimum absolute atomic E-state index is 0.180. The summed E-state index contributed by atoms with van der Waals surface area (Å²) >= 11 is 0. The van der Waals surface area contributed by atoms with Crippen molar-refractivity contribution in [3.63, 3.8) is 0 Å². The van der Waals surface area contributed by atoms with E-state index in [1.54, 1.807) is 18.2 Å². The van der Waals surface area contributed by atoms with Crippen LogP contribution < -0.4 is 0 Å². The van der Waals surface area contributed by atoms with Crippen molar-refractivity contribution in [3.8, 4) is 0 Å². The molecule has 0 bridgehead atoms. The highest BCUT2D eigenvalue weighted by Crippen LogP contribution is 2.16. The van der Waals surface area contributed by atoms with Gasteiger partial charge in [-0.2, -0.15) is 0 Å². The summed E-state index contributed by atoms with van der Waals surface area (Å²) in [7, 11) is 3.03. The first-order chi connectivity index (χ1) is 11.5. The highest BCUT2D eigenvalue weighted by molar-refractivity contribution is 6.03. The summed E-state index contributed by atoms with van der Waals surface area (Å²) in [6.45, 7) is 4.60. The van der Waals surface area contributed by atoms with Gasteiger partial charge in [-0.25, -0.2) is 9.59 Å². The van der Waals surface area contributed by atoms with Gasteiger partial charge in [0, 0.05) is 14.2 Å². The van der Waals surface area contributed by atoms with E-state index in [4.69, 9.17) is 18.9 Å². The molecule has 134 valence electrons. The number of benzene rings is 1. The second-order valence-electron chi connectivity index (χ2n) is 5.48. The SMILES string of the molecule is CCCCOC(=O)c1cc(C)ccc1C(=O)OC(COC)COC. The van der Waals surface area contributed by atoms with Crippen LogP contribution in [0.3, 0.4) is 0 Å².